The van der Waals surface area contributed by atoms with Crippen molar-refractivity contribution in [1.82, 2.24) is 0 Å². The third kappa shape index (κ3) is 4.85. The van der Waals surface area contributed by atoms with E-state index in [4.69, 9.17) is 23.2 Å². The first-order valence-electron chi connectivity index (χ1n) is 7.79. The molecule has 11 heteroatoms. The number of anilines is 2. The van der Waals surface area contributed by atoms with Crippen molar-refractivity contribution in [1.29, 1.82) is 0 Å². The fourth-order valence-corrected chi connectivity index (χ4v) is 5.86. The Labute approximate surface area is 167 Å². The molecule has 2 aromatic rings. The van der Waals surface area contributed by atoms with Gasteiger partial charge in [0.1, 0.15) is 0 Å². The van der Waals surface area contributed by atoms with Crippen molar-refractivity contribution in [3.8, 4) is 0 Å². The Balaban J connectivity index is 1.71. The molecule has 2 aromatic carbocycles. The molecule has 0 aromatic heterocycles. The fraction of sp³-hybridized carbons (Fsp3) is 0.250. The summed E-state index contributed by atoms with van der Waals surface area (Å²) in [7, 11) is -7.10. The predicted octanol–water partition coefficient (Wildman–Crippen LogP) is 2.36. The maximum Gasteiger partial charge on any atom is 0.261 e. The van der Waals surface area contributed by atoms with Gasteiger partial charge in [0.15, 0.2) is 9.84 Å². The molecule has 0 saturated carbocycles. The second-order valence-corrected chi connectivity index (χ2v) is 10.8. The van der Waals surface area contributed by atoms with Crippen LogP contribution in [-0.2, 0) is 19.9 Å². The van der Waals surface area contributed by atoms with Gasteiger partial charge in [0.2, 0.25) is 0 Å². The zero-order valence-corrected chi connectivity index (χ0v) is 16.9. The zero-order chi connectivity index (χ0) is 19.8. The third-order valence-electron chi connectivity index (χ3n) is 4.01. The van der Waals surface area contributed by atoms with Crippen LogP contribution in [0.5, 0.6) is 0 Å². The van der Waals surface area contributed by atoms with Gasteiger partial charge in [0.25, 0.3) is 10.0 Å². The Kier molecular flexibility index (Phi) is 5.60. The van der Waals surface area contributed by atoms with Crippen molar-refractivity contribution in [3.63, 3.8) is 0 Å². The summed E-state index contributed by atoms with van der Waals surface area (Å²) in [6.45, 7) is 0. The lowest BCUT2D eigenvalue weighted by Crippen LogP contribution is -2.31. The van der Waals surface area contributed by atoms with Gasteiger partial charge in [-0.2, -0.15) is 0 Å². The number of rotatable bonds is 5. The molecule has 3 N–H and O–H groups in total. The second-order valence-electron chi connectivity index (χ2n) is 6.15. The van der Waals surface area contributed by atoms with E-state index in [0.29, 0.717) is 11.4 Å². The summed E-state index contributed by atoms with van der Waals surface area (Å²) in [6, 6.07) is 9.61. The SMILES string of the molecule is O=S1(=O)C[C@@H](O)[C@@H](Nc2ccc(NS(=O)(=O)c3ccc(Cl)c(Cl)c3)cc2)C1. The molecule has 0 aliphatic carbocycles. The normalized spacial score (nSPS) is 21.7. The monoisotopic (exact) mass is 450 g/mol. The number of hydrogen-bond donors (Lipinski definition) is 3. The highest BCUT2D eigenvalue weighted by atomic mass is 35.5. The molecule has 3 rings (SSSR count). The van der Waals surface area contributed by atoms with Gasteiger partial charge in [-0.1, -0.05) is 23.2 Å². The molecule has 0 amide bonds. The van der Waals surface area contributed by atoms with Gasteiger partial charge in [0.05, 0.1) is 38.6 Å². The van der Waals surface area contributed by atoms with Crippen LogP contribution in [0.15, 0.2) is 47.4 Å². The number of aliphatic hydroxyl groups is 1. The summed E-state index contributed by atoms with van der Waals surface area (Å²) >= 11 is 11.7. The maximum absolute atomic E-state index is 12.4. The van der Waals surface area contributed by atoms with Crippen molar-refractivity contribution in [3.05, 3.63) is 52.5 Å². The van der Waals surface area contributed by atoms with Crippen LogP contribution in [0.4, 0.5) is 11.4 Å². The third-order valence-corrected chi connectivity index (χ3v) is 7.85. The Morgan fingerprint density at radius 2 is 1.59 bits per heavy atom. The Hall–Kier alpha value is -1.52. The highest BCUT2D eigenvalue weighted by molar-refractivity contribution is 7.92. The summed E-state index contributed by atoms with van der Waals surface area (Å²) in [4.78, 5) is -0.0293. The van der Waals surface area contributed by atoms with Crippen molar-refractivity contribution < 1.29 is 21.9 Å². The molecule has 0 bridgehead atoms. The Morgan fingerprint density at radius 3 is 2.15 bits per heavy atom. The summed E-state index contributed by atoms with van der Waals surface area (Å²) in [6.07, 6.45) is -0.983. The van der Waals surface area contributed by atoms with Gasteiger partial charge in [-0.05, 0) is 42.5 Å². The Morgan fingerprint density at radius 1 is 0.963 bits per heavy atom. The fourth-order valence-electron chi connectivity index (χ4n) is 2.67. The summed E-state index contributed by atoms with van der Waals surface area (Å²) in [5.74, 6) is -0.425. The van der Waals surface area contributed by atoms with Crippen molar-refractivity contribution in [2.75, 3.05) is 21.5 Å². The minimum atomic E-state index is -3.84. The first kappa shape index (κ1) is 20.2. The summed E-state index contributed by atoms with van der Waals surface area (Å²) in [5, 5.41) is 13.1. The van der Waals surface area contributed by atoms with Crippen molar-refractivity contribution in [2.24, 2.45) is 0 Å². The van der Waals surface area contributed by atoms with Crippen LogP contribution >= 0.6 is 23.2 Å². The molecule has 1 heterocycles. The smallest absolute Gasteiger partial charge is 0.261 e. The van der Waals surface area contributed by atoms with Crippen LogP contribution in [0.25, 0.3) is 0 Å². The van der Waals surface area contributed by atoms with Crippen LogP contribution in [-0.4, -0.2) is 45.6 Å². The van der Waals surface area contributed by atoms with Gasteiger partial charge in [-0.15, -0.1) is 0 Å². The van der Waals surface area contributed by atoms with E-state index in [1.54, 1.807) is 12.1 Å². The lowest BCUT2D eigenvalue weighted by atomic mass is 10.2. The minimum Gasteiger partial charge on any atom is -0.390 e. The first-order valence-corrected chi connectivity index (χ1v) is 11.8. The number of aliphatic hydroxyl groups excluding tert-OH is 1. The minimum absolute atomic E-state index is 0.0293. The lowest BCUT2D eigenvalue weighted by molar-refractivity contribution is 0.190. The summed E-state index contributed by atoms with van der Waals surface area (Å²) in [5.41, 5.74) is 0.875. The maximum atomic E-state index is 12.4. The van der Waals surface area contributed by atoms with Crippen molar-refractivity contribution in [2.45, 2.75) is 17.0 Å². The second kappa shape index (κ2) is 7.48. The van der Waals surface area contributed by atoms with E-state index < -0.39 is 32.0 Å². The lowest BCUT2D eigenvalue weighted by Gasteiger charge is -2.16. The average Bonchev–Trinajstić information content (AvgIpc) is 2.83. The van der Waals surface area contributed by atoms with E-state index >= 15 is 0 Å². The number of sulfonamides is 1. The van der Waals surface area contributed by atoms with Crippen LogP contribution in [0.2, 0.25) is 10.0 Å². The van der Waals surface area contributed by atoms with E-state index in [1.807, 2.05) is 0 Å². The number of nitrogens with one attached hydrogen (secondary N) is 2. The van der Waals surface area contributed by atoms with E-state index in [0.717, 1.165) is 0 Å². The first-order chi connectivity index (χ1) is 12.6. The Bertz CT molecular complexity index is 1060. The summed E-state index contributed by atoms with van der Waals surface area (Å²) < 4.78 is 50.3. The number of hydrogen-bond acceptors (Lipinski definition) is 6. The van der Waals surface area contributed by atoms with Gasteiger partial charge < -0.3 is 10.4 Å². The van der Waals surface area contributed by atoms with E-state index in [9.17, 15) is 21.9 Å². The van der Waals surface area contributed by atoms with Crippen LogP contribution in [0, 0.1) is 0 Å². The molecule has 27 heavy (non-hydrogen) atoms. The molecular formula is C16H16Cl2N2O5S2. The zero-order valence-electron chi connectivity index (χ0n) is 13.8. The highest BCUT2D eigenvalue weighted by Gasteiger charge is 2.36. The number of halogens is 2. The molecule has 0 unspecified atom stereocenters. The standard InChI is InChI=1S/C16H16Cl2N2O5S2/c17-13-6-5-12(7-14(13)18)27(24,25)20-11-3-1-10(2-4-11)19-15-8-26(22,23)9-16(15)21/h1-7,15-16,19-21H,8-9H2/t15-,16+/m0/s1. The van der Waals surface area contributed by atoms with Crippen LogP contribution in [0.1, 0.15) is 0 Å². The molecule has 7 nitrogen and oxygen atoms in total. The van der Waals surface area contributed by atoms with E-state index in [2.05, 4.69) is 10.0 Å². The number of benzene rings is 2. The van der Waals surface area contributed by atoms with Gasteiger partial charge in [0, 0.05) is 11.4 Å². The molecule has 1 aliphatic rings. The molecule has 0 spiro atoms. The quantitative estimate of drug-likeness (QED) is 0.644. The van der Waals surface area contributed by atoms with Gasteiger partial charge in [-0.25, -0.2) is 16.8 Å². The molecule has 1 saturated heterocycles. The average molecular weight is 451 g/mol. The molecular weight excluding hydrogens is 435 g/mol. The van der Waals surface area contributed by atoms with Gasteiger partial charge in [-0.3, -0.25) is 4.72 Å². The van der Waals surface area contributed by atoms with E-state index in [1.165, 1.54) is 30.3 Å². The van der Waals surface area contributed by atoms with Crippen LogP contribution in [0.3, 0.4) is 0 Å². The largest absolute Gasteiger partial charge is 0.390 e. The van der Waals surface area contributed by atoms with Crippen molar-refractivity contribution >= 4 is 54.4 Å². The molecule has 0 radical (unpaired) electrons. The molecule has 146 valence electrons. The van der Waals surface area contributed by atoms with E-state index in [-0.39, 0.29) is 26.4 Å². The van der Waals surface area contributed by atoms with Gasteiger partial charge >= 0.3 is 0 Å². The molecule has 2 atom stereocenters. The molecule has 1 aliphatic heterocycles. The topological polar surface area (TPSA) is 113 Å². The highest BCUT2D eigenvalue weighted by Crippen LogP contribution is 2.26. The molecule has 1 fully saturated rings. The predicted molar refractivity (Wildman–Crippen MR) is 106 cm³/mol. The number of sulfone groups is 1. The van der Waals surface area contributed by atoms with Crippen LogP contribution < -0.4 is 10.0 Å².